The number of fused-ring (bicyclic) bond motifs is 1. The largest absolute Gasteiger partial charge is 0.452 e. The number of ether oxygens (including phenoxy) is 1. The van der Waals surface area contributed by atoms with Crippen molar-refractivity contribution < 1.29 is 35.9 Å². The van der Waals surface area contributed by atoms with Crippen LogP contribution in [0.4, 0.5) is 38.4 Å². The third-order valence-electron chi connectivity index (χ3n) is 5.40. The number of alkyl halides is 3. The SMILES string of the molecule is Cc1c(C(F)(NC(=O)Nc2cnc(N3CCOC[C@@H]3C)nc2)C(F)F)oc2c(F)cc(F)cc12. The molecule has 2 aromatic heterocycles. The summed E-state index contributed by atoms with van der Waals surface area (Å²) in [5.41, 5.74) is -0.892. The van der Waals surface area contributed by atoms with E-state index < -0.39 is 41.2 Å². The summed E-state index contributed by atoms with van der Waals surface area (Å²) in [5.74, 6) is -6.70. The first-order valence-corrected chi connectivity index (χ1v) is 10.2. The van der Waals surface area contributed by atoms with E-state index in [1.54, 1.807) is 0 Å². The molecule has 0 spiro atoms. The zero-order chi connectivity index (χ0) is 24.6. The van der Waals surface area contributed by atoms with Gasteiger partial charge in [-0.1, -0.05) is 0 Å². The lowest BCUT2D eigenvalue weighted by atomic mass is 10.1. The molecule has 2 N–H and O–H groups in total. The fourth-order valence-electron chi connectivity index (χ4n) is 3.69. The Labute approximate surface area is 190 Å². The second kappa shape index (κ2) is 9.05. The van der Waals surface area contributed by atoms with Crippen molar-refractivity contribution in [2.24, 2.45) is 0 Å². The Balaban J connectivity index is 1.54. The molecule has 2 amide bonds. The Morgan fingerprint density at radius 1 is 1.26 bits per heavy atom. The van der Waals surface area contributed by atoms with E-state index in [0.717, 1.165) is 13.0 Å². The molecule has 4 rings (SSSR count). The molecule has 2 atom stereocenters. The van der Waals surface area contributed by atoms with E-state index in [9.17, 15) is 22.4 Å². The number of rotatable bonds is 5. The van der Waals surface area contributed by atoms with Crippen molar-refractivity contribution in [3.8, 4) is 0 Å². The van der Waals surface area contributed by atoms with Crippen LogP contribution in [0, 0.1) is 18.6 Å². The molecule has 1 aliphatic heterocycles. The minimum absolute atomic E-state index is 0.00761. The molecular formula is C21H20F5N5O3. The van der Waals surface area contributed by atoms with Crippen LogP contribution in [-0.4, -0.2) is 48.2 Å². The van der Waals surface area contributed by atoms with Crippen molar-refractivity contribution in [3.63, 3.8) is 0 Å². The van der Waals surface area contributed by atoms with Gasteiger partial charge in [0.2, 0.25) is 5.95 Å². The number of nitrogens with zero attached hydrogens (tertiary/aromatic N) is 3. The molecule has 0 radical (unpaired) electrons. The average molecular weight is 485 g/mol. The first kappa shape index (κ1) is 23.7. The predicted molar refractivity (Wildman–Crippen MR) is 111 cm³/mol. The number of amides is 2. The van der Waals surface area contributed by atoms with E-state index in [1.807, 2.05) is 11.8 Å². The molecule has 3 aromatic rings. The molecule has 8 nitrogen and oxygen atoms in total. The minimum Gasteiger partial charge on any atom is -0.452 e. The van der Waals surface area contributed by atoms with Crippen LogP contribution in [0.3, 0.4) is 0 Å². The van der Waals surface area contributed by atoms with Gasteiger partial charge < -0.3 is 19.4 Å². The minimum atomic E-state index is -3.83. The zero-order valence-electron chi connectivity index (χ0n) is 18.0. The number of anilines is 2. The number of hydrogen-bond donors (Lipinski definition) is 2. The van der Waals surface area contributed by atoms with E-state index >= 15 is 4.39 Å². The van der Waals surface area contributed by atoms with Crippen molar-refractivity contribution >= 4 is 28.6 Å². The van der Waals surface area contributed by atoms with Crippen molar-refractivity contribution in [2.45, 2.75) is 32.1 Å². The Morgan fingerprint density at radius 2 is 1.97 bits per heavy atom. The molecule has 0 saturated carbocycles. The molecule has 34 heavy (non-hydrogen) atoms. The van der Waals surface area contributed by atoms with E-state index in [4.69, 9.17) is 9.15 Å². The van der Waals surface area contributed by atoms with Gasteiger partial charge in [-0.15, -0.1) is 0 Å². The smallest absolute Gasteiger partial charge is 0.322 e. The molecule has 1 aliphatic rings. The molecule has 0 bridgehead atoms. The van der Waals surface area contributed by atoms with E-state index in [1.165, 1.54) is 17.7 Å². The maximum atomic E-state index is 15.4. The highest BCUT2D eigenvalue weighted by atomic mass is 19.3. The number of nitrogens with one attached hydrogen (secondary N) is 2. The molecule has 1 unspecified atom stereocenters. The summed E-state index contributed by atoms with van der Waals surface area (Å²) in [5, 5.41) is 3.45. The number of benzene rings is 1. The van der Waals surface area contributed by atoms with Gasteiger partial charge in [-0.25, -0.2) is 36.7 Å². The van der Waals surface area contributed by atoms with Crippen molar-refractivity contribution in [2.75, 3.05) is 30.0 Å². The number of aryl methyl sites for hydroxylation is 1. The number of hydrogen-bond acceptors (Lipinski definition) is 6. The van der Waals surface area contributed by atoms with Crippen LogP contribution in [0.5, 0.6) is 0 Å². The highest BCUT2D eigenvalue weighted by Crippen LogP contribution is 2.39. The number of urea groups is 1. The monoisotopic (exact) mass is 485 g/mol. The van der Waals surface area contributed by atoms with Crippen molar-refractivity contribution in [1.29, 1.82) is 0 Å². The van der Waals surface area contributed by atoms with E-state index in [0.29, 0.717) is 31.8 Å². The van der Waals surface area contributed by atoms with Gasteiger partial charge in [-0.2, -0.15) is 0 Å². The Bertz CT molecular complexity index is 1210. The lowest BCUT2D eigenvalue weighted by Gasteiger charge is -2.33. The summed E-state index contributed by atoms with van der Waals surface area (Å²) in [6.45, 7) is 4.63. The van der Waals surface area contributed by atoms with E-state index in [2.05, 4.69) is 15.3 Å². The van der Waals surface area contributed by atoms with Crippen LogP contribution in [0.1, 0.15) is 18.2 Å². The van der Waals surface area contributed by atoms with Crippen molar-refractivity contribution in [1.82, 2.24) is 15.3 Å². The van der Waals surface area contributed by atoms with Gasteiger partial charge in [0.15, 0.2) is 17.2 Å². The van der Waals surface area contributed by atoms with Gasteiger partial charge in [-0.05, 0) is 19.9 Å². The summed E-state index contributed by atoms with van der Waals surface area (Å²) in [6, 6.07) is -0.0375. The first-order chi connectivity index (χ1) is 16.1. The summed E-state index contributed by atoms with van der Waals surface area (Å²) in [7, 11) is 0. The lowest BCUT2D eigenvalue weighted by molar-refractivity contribution is -0.0664. The normalized spacial score (nSPS) is 18.2. The third-order valence-corrected chi connectivity index (χ3v) is 5.40. The van der Waals surface area contributed by atoms with Crippen LogP contribution in [0.25, 0.3) is 11.0 Å². The second-order valence-electron chi connectivity index (χ2n) is 7.80. The van der Waals surface area contributed by atoms with Crippen LogP contribution < -0.4 is 15.5 Å². The van der Waals surface area contributed by atoms with Gasteiger partial charge in [-0.3, -0.25) is 5.32 Å². The van der Waals surface area contributed by atoms with Gasteiger partial charge in [0.25, 0.3) is 6.43 Å². The highest BCUT2D eigenvalue weighted by Gasteiger charge is 2.49. The molecule has 1 saturated heterocycles. The predicted octanol–water partition coefficient (Wildman–Crippen LogP) is 4.24. The van der Waals surface area contributed by atoms with Crippen LogP contribution in [0.2, 0.25) is 0 Å². The maximum Gasteiger partial charge on any atom is 0.322 e. The molecule has 1 fully saturated rings. The Morgan fingerprint density at radius 3 is 2.62 bits per heavy atom. The van der Waals surface area contributed by atoms with Gasteiger partial charge in [0.1, 0.15) is 5.82 Å². The summed E-state index contributed by atoms with van der Waals surface area (Å²) >= 11 is 0. The van der Waals surface area contributed by atoms with E-state index in [-0.39, 0.29) is 22.7 Å². The van der Waals surface area contributed by atoms with Gasteiger partial charge in [0.05, 0.1) is 37.3 Å². The molecule has 0 aliphatic carbocycles. The summed E-state index contributed by atoms with van der Waals surface area (Å²) in [4.78, 5) is 22.5. The zero-order valence-corrected chi connectivity index (χ0v) is 18.0. The quantitative estimate of drug-likeness (QED) is 0.415. The van der Waals surface area contributed by atoms with Crippen LogP contribution >= 0.6 is 0 Å². The lowest BCUT2D eigenvalue weighted by Crippen LogP contribution is -2.49. The highest BCUT2D eigenvalue weighted by molar-refractivity contribution is 5.90. The fraction of sp³-hybridized carbons (Fsp3) is 0.381. The van der Waals surface area contributed by atoms with Gasteiger partial charge in [0, 0.05) is 23.6 Å². The summed E-state index contributed by atoms with van der Waals surface area (Å²) in [6.07, 6.45) is -1.33. The van der Waals surface area contributed by atoms with Gasteiger partial charge >= 0.3 is 11.8 Å². The Kier molecular flexibility index (Phi) is 6.30. The number of furan rings is 1. The molecular weight excluding hydrogens is 465 g/mol. The number of halogens is 5. The number of carbonyl (C=O) groups is 1. The average Bonchev–Trinajstić information content (AvgIpc) is 3.12. The second-order valence-corrected chi connectivity index (χ2v) is 7.80. The number of carbonyl (C=O) groups excluding carboxylic acids is 1. The van der Waals surface area contributed by atoms with Crippen LogP contribution in [0.15, 0.2) is 28.9 Å². The fourth-order valence-corrected chi connectivity index (χ4v) is 3.69. The number of morpholine rings is 1. The molecule has 3 heterocycles. The summed E-state index contributed by atoms with van der Waals surface area (Å²) < 4.78 is 80.8. The number of aromatic nitrogens is 2. The Hall–Kier alpha value is -3.48. The maximum absolute atomic E-state index is 15.4. The standard InChI is InChI=1S/C21H20F5N5O3/c1-10-9-33-4-3-31(10)19-27-7-13(8-28-19)29-20(32)30-21(26,18(24)25)17-11(2)14-5-12(22)6-15(23)16(14)34-17/h5-8,10,18H,3-4,9H2,1-2H3,(H2,29,30,32)/t10-,21?/m0/s1. The van der Waals surface area contributed by atoms with Crippen LogP contribution in [-0.2, 0) is 10.5 Å². The molecule has 13 heteroatoms. The molecule has 182 valence electrons. The first-order valence-electron chi connectivity index (χ1n) is 10.2. The topological polar surface area (TPSA) is 92.5 Å². The van der Waals surface area contributed by atoms with Crippen molar-refractivity contribution in [3.05, 3.63) is 47.5 Å². The molecule has 1 aromatic carbocycles. The third kappa shape index (κ3) is 4.34.